The Bertz CT molecular complexity index is 921. The largest absolute Gasteiger partial charge is 0.477 e. The molecular formula is C18H12O4. The molecule has 4 heteroatoms. The van der Waals surface area contributed by atoms with Gasteiger partial charge in [-0.3, -0.25) is 0 Å². The smallest absolute Gasteiger partial charge is 0.351 e. The number of carbonyl (C=O) groups is 1. The minimum atomic E-state index is -1.29. The number of hydrogen-bond donors (Lipinski definition) is 1. The molecule has 0 saturated heterocycles. The van der Waals surface area contributed by atoms with Gasteiger partial charge in [0.05, 0.1) is 0 Å². The van der Waals surface area contributed by atoms with E-state index in [0.29, 0.717) is 11.0 Å². The van der Waals surface area contributed by atoms with Crippen molar-refractivity contribution in [3.05, 3.63) is 81.7 Å². The third kappa shape index (κ3) is 2.81. The second-order valence-corrected chi connectivity index (χ2v) is 4.79. The molecule has 0 radical (unpaired) electrons. The van der Waals surface area contributed by atoms with Crippen LogP contribution in [0.2, 0.25) is 0 Å². The Kier molecular flexibility index (Phi) is 3.58. The molecule has 3 rings (SSSR count). The lowest BCUT2D eigenvalue weighted by atomic mass is 10.1. The third-order valence-corrected chi connectivity index (χ3v) is 3.25. The molecule has 0 amide bonds. The molecule has 0 aliphatic heterocycles. The molecule has 0 aliphatic rings. The highest BCUT2D eigenvalue weighted by Crippen LogP contribution is 2.17. The van der Waals surface area contributed by atoms with Crippen molar-refractivity contribution in [1.29, 1.82) is 0 Å². The monoisotopic (exact) mass is 292 g/mol. The molecule has 0 aliphatic carbocycles. The van der Waals surface area contributed by atoms with Gasteiger partial charge >= 0.3 is 11.6 Å². The normalized spacial score (nSPS) is 11.1. The molecular weight excluding hydrogens is 280 g/mol. The minimum absolute atomic E-state index is 0.364. The Morgan fingerprint density at radius 1 is 0.955 bits per heavy atom. The fourth-order valence-corrected chi connectivity index (χ4v) is 2.15. The van der Waals surface area contributed by atoms with Gasteiger partial charge in [0.2, 0.25) is 0 Å². The van der Waals surface area contributed by atoms with Crippen molar-refractivity contribution in [2.24, 2.45) is 0 Å². The van der Waals surface area contributed by atoms with Crippen molar-refractivity contribution < 1.29 is 14.3 Å². The molecule has 0 spiro atoms. The highest BCUT2D eigenvalue weighted by atomic mass is 16.4. The Labute approximate surface area is 125 Å². The Hall–Kier alpha value is -3.14. The third-order valence-electron chi connectivity index (χ3n) is 3.25. The van der Waals surface area contributed by atoms with Crippen molar-refractivity contribution in [3.8, 4) is 0 Å². The van der Waals surface area contributed by atoms with Crippen LogP contribution in [-0.2, 0) is 0 Å². The van der Waals surface area contributed by atoms with Gasteiger partial charge in [-0.2, -0.15) is 0 Å². The number of hydrogen-bond acceptors (Lipinski definition) is 3. The van der Waals surface area contributed by atoms with Gasteiger partial charge in [0.15, 0.2) is 0 Å². The van der Waals surface area contributed by atoms with E-state index in [9.17, 15) is 9.59 Å². The molecule has 1 heterocycles. The first-order valence-electron chi connectivity index (χ1n) is 6.68. The summed E-state index contributed by atoms with van der Waals surface area (Å²) in [5, 5.41) is 9.55. The first-order chi connectivity index (χ1) is 10.6. The average Bonchev–Trinajstić information content (AvgIpc) is 2.53. The maximum absolute atomic E-state index is 11.5. The van der Waals surface area contributed by atoms with Crippen LogP contribution >= 0.6 is 0 Å². The number of rotatable bonds is 3. The second kappa shape index (κ2) is 5.69. The van der Waals surface area contributed by atoms with Crippen molar-refractivity contribution >= 4 is 29.1 Å². The number of benzene rings is 2. The molecule has 0 fully saturated rings. The summed E-state index contributed by atoms with van der Waals surface area (Å²) in [6.07, 6.45) is 3.87. The van der Waals surface area contributed by atoms with Crippen LogP contribution in [0.15, 0.2) is 63.8 Å². The molecule has 2 aromatic carbocycles. The second-order valence-electron chi connectivity index (χ2n) is 4.79. The zero-order valence-electron chi connectivity index (χ0n) is 11.5. The zero-order valence-corrected chi connectivity index (χ0v) is 11.5. The molecule has 3 aromatic rings. The summed E-state index contributed by atoms with van der Waals surface area (Å²) >= 11 is 0. The summed E-state index contributed by atoms with van der Waals surface area (Å²) < 4.78 is 5.01. The van der Waals surface area contributed by atoms with Gasteiger partial charge in [-0.1, -0.05) is 48.6 Å². The van der Waals surface area contributed by atoms with Gasteiger partial charge in [0, 0.05) is 5.39 Å². The molecule has 0 unspecified atom stereocenters. The van der Waals surface area contributed by atoms with Crippen molar-refractivity contribution in [3.63, 3.8) is 0 Å². The van der Waals surface area contributed by atoms with Crippen molar-refractivity contribution in [2.75, 3.05) is 0 Å². The molecule has 0 bridgehead atoms. The first-order valence-corrected chi connectivity index (χ1v) is 6.68. The molecule has 108 valence electrons. The van der Waals surface area contributed by atoms with E-state index >= 15 is 0 Å². The lowest BCUT2D eigenvalue weighted by Gasteiger charge is -2.00. The number of aromatic carboxylic acids is 1. The van der Waals surface area contributed by atoms with Crippen LogP contribution in [0.3, 0.4) is 0 Å². The zero-order chi connectivity index (χ0) is 15.5. The fraction of sp³-hybridized carbons (Fsp3) is 0. The van der Waals surface area contributed by atoms with Crippen LogP contribution in [0.5, 0.6) is 0 Å². The SMILES string of the molecule is O=C(O)c1cc2cc(/C=C/c3ccccc3)ccc2oc1=O. The molecule has 0 atom stereocenters. The van der Waals surface area contributed by atoms with E-state index in [4.69, 9.17) is 9.52 Å². The predicted molar refractivity (Wildman–Crippen MR) is 84.8 cm³/mol. The fourth-order valence-electron chi connectivity index (χ4n) is 2.15. The van der Waals surface area contributed by atoms with E-state index in [1.54, 1.807) is 12.1 Å². The van der Waals surface area contributed by atoms with Crippen LogP contribution in [0, 0.1) is 0 Å². The van der Waals surface area contributed by atoms with E-state index in [0.717, 1.165) is 11.1 Å². The van der Waals surface area contributed by atoms with E-state index in [-0.39, 0.29) is 5.56 Å². The van der Waals surface area contributed by atoms with Crippen LogP contribution in [0.1, 0.15) is 21.5 Å². The van der Waals surface area contributed by atoms with Gasteiger partial charge in [-0.25, -0.2) is 9.59 Å². The molecule has 22 heavy (non-hydrogen) atoms. The van der Waals surface area contributed by atoms with Gasteiger partial charge in [-0.05, 0) is 29.3 Å². The highest BCUT2D eigenvalue weighted by Gasteiger charge is 2.11. The Morgan fingerprint density at radius 3 is 2.41 bits per heavy atom. The van der Waals surface area contributed by atoms with E-state index in [2.05, 4.69) is 0 Å². The summed E-state index contributed by atoms with van der Waals surface area (Å²) in [7, 11) is 0. The minimum Gasteiger partial charge on any atom is -0.477 e. The summed E-state index contributed by atoms with van der Waals surface area (Å²) in [4.78, 5) is 22.5. The maximum Gasteiger partial charge on any atom is 0.351 e. The lowest BCUT2D eigenvalue weighted by Crippen LogP contribution is -2.12. The van der Waals surface area contributed by atoms with E-state index in [1.165, 1.54) is 6.07 Å². The standard InChI is InChI=1S/C18H12O4/c19-17(20)15-11-14-10-13(8-9-16(14)22-18(15)21)7-6-12-4-2-1-3-5-12/h1-11H,(H,19,20)/b7-6+. The van der Waals surface area contributed by atoms with E-state index in [1.807, 2.05) is 48.6 Å². The Morgan fingerprint density at radius 2 is 1.68 bits per heavy atom. The van der Waals surface area contributed by atoms with Crippen molar-refractivity contribution in [2.45, 2.75) is 0 Å². The van der Waals surface area contributed by atoms with Crippen LogP contribution < -0.4 is 5.63 Å². The Balaban J connectivity index is 2.02. The summed E-state index contributed by atoms with van der Waals surface area (Å²) in [5.41, 5.74) is 1.12. The number of carboxylic acid groups (broad SMARTS) is 1. The van der Waals surface area contributed by atoms with Crippen LogP contribution in [0.4, 0.5) is 0 Å². The summed E-state index contributed by atoms with van der Waals surface area (Å²) in [6, 6.07) is 16.4. The summed E-state index contributed by atoms with van der Waals surface area (Å²) in [6.45, 7) is 0. The van der Waals surface area contributed by atoms with Gasteiger partial charge in [0.25, 0.3) is 0 Å². The molecule has 1 N–H and O–H groups in total. The summed E-state index contributed by atoms with van der Waals surface area (Å²) in [5.74, 6) is -1.29. The quantitative estimate of drug-likeness (QED) is 0.591. The maximum atomic E-state index is 11.5. The molecule has 0 saturated carbocycles. The predicted octanol–water partition coefficient (Wildman–Crippen LogP) is 3.66. The highest BCUT2D eigenvalue weighted by molar-refractivity contribution is 5.92. The van der Waals surface area contributed by atoms with Crippen LogP contribution in [0.25, 0.3) is 23.1 Å². The topological polar surface area (TPSA) is 67.5 Å². The molecule has 1 aromatic heterocycles. The van der Waals surface area contributed by atoms with Gasteiger partial charge in [0.1, 0.15) is 11.1 Å². The lowest BCUT2D eigenvalue weighted by molar-refractivity contribution is 0.0692. The average molecular weight is 292 g/mol. The number of fused-ring (bicyclic) bond motifs is 1. The van der Waals surface area contributed by atoms with Crippen LogP contribution in [-0.4, -0.2) is 11.1 Å². The molecule has 4 nitrogen and oxygen atoms in total. The number of carboxylic acids is 1. The van der Waals surface area contributed by atoms with Gasteiger partial charge < -0.3 is 9.52 Å². The first kappa shape index (κ1) is 13.8. The van der Waals surface area contributed by atoms with Crippen molar-refractivity contribution in [1.82, 2.24) is 0 Å². The van der Waals surface area contributed by atoms with Gasteiger partial charge in [-0.15, -0.1) is 0 Å². The van der Waals surface area contributed by atoms with E-state index < -0.39 is 11.6 Å².